The van der Waals surface area contributed by atoms with E-state index in [0.29, 0.717) is 30.4 Å². The predicted octanol–water partition coefficient (Wildman–Crippen LogP) is 3.86. The standard InChI is InChI=1S/C17H16F3NO2/c1-2-3-4-5-6-12-9-11-7-8-15(22)13(11)10-14(12)21-16(23)17(18,19)20/h9-10H,2-4,7-8H2,1H3,(H,21,23). The van der Waals surface area contributed by atoms with Crippen LogP contribution in [0.1, 0.15) is 54.1 Å². The molecular weight excluding hydrogens is 307 g/mol. The molecule has 1 N–H and O–H groups in total. The van der Waals surface area contributed by atoms with E-state index in [9.17, 15) is 22.8 Å². The van der Waals surface area contributed by atoms with Gasteiger partial charge in [-0.2, -0.15) is 13.2 Å². The second-order valence-corrected chi connectivity index (χ2v) is 5.34. The lowest BCUT2D eigenvalue weighted by atomic mass is 10.0. The number of aryl methyl sites for hydroxylation is 1. The van der Waals surface area contributed by atoms with Crippen molar-refractivity contribution in [2.75, 3.05) is 5.32 Å². The molecular formula is C17H16F3NO2. The van der Waals surface area contributed by atoms with Crippen molar-refractivity contribution < 1.29 is 22.8 Å². The number of rotatable bonds is 3. The van der Waals surface area contributed by atoms with Gasteiger partial charge in [-0.1, -0.05) is 25.2 Å². The Bertz CT molecular complexity index is 696. The van der Waals surface area contributed by atoms with Crippen molar-refractivity contribution in [1.29, 1.82) is 0 Å². The van der Waals surface area contributed by atoms with Crippen LogP contribution >= 0.6 is 0 Å². The van der Waals surface area contributed by atoms with E-state index in [0.717, 1.165) is 18.4 Å². The normalized spacial score (nSPS) is 13.3. The summed E-state index contributed by atoms with van der Waals surface area (Å²) in [6.07, 6.45) is -1.64. The number of halogens is 3. The van der Waals surface area contributed by atoms with E-state index in [1.54, 1.807) is 6.07 Å². The molecule has 6 heteroatoms. The summed E-state index contributed by atoms with van der Waals surface area (Å²) in [5.74, 6) is 3.49. The zero-order valence-corrected chi connectivity index (χ0v) is 12.6. The Hall–Kier alpha value is -2.29. The number of hydrogen-bond acceptors (Lipinski definition) is 2. The average Bonchev–Trinajstić information content (AvgIpc) is 2.83. The largest absolute Gasteiger partial charge is 0.471 e. The van der Waals surface area contributed by atoms with E-state index in [4.69, 9.17) is 0 Å². The highest BCUT2D eigenvalue weighted by atomic mass is 19.4. The molecule has 1 aromatic carbocycles. The number of anilines is 1. The summed E-state index contributed by atoms with van der Waals surface area (Å²) >= 11 is 0. The van der Waals surface area contributed by atoms with Crippen LogP contribution < -0.4 is 5.32 Å². The lowest BCUT2D eigenvalue weighted by Crippen LogP contribution is -2.30. The van der Waals surface area contributed by atoms with E-state index in [1.807, 2.05) is 12.2 Å². The van der Waals surface area contributed by atoms with Gasteiger partial charge in [0.1, 0.15) is 0 Å². The fourth-order valence-corrected chi connectivity index (χ4v) is 2.32. The van der Waals surface area contributed by atoms with Crippen molar-refractivity contribution in [2.45, 2.75) is 45.2 Å². The molecule has 1 aliphatic rings. The summed E-state index contributed by atoms with van der Waals surface area (Å²) in [4.78, 5) is 22.9. The molecule has 0 aromatic heterocycles. The Morgan fingerprint density at radius 2 is 2.04 bits per heavy atom. The molecule has 1 amide bonds. The predicted molar refractivity (Wildman–Crippen MR) is 80.2 cm³/mol. The second kappa shape index (κ2) is 6.86. The first-order chi connectivity index (χ1) is 10.8. The van der Waals surface area contributed by atoms with Gasteiger partial charge in [-0.25, -0.2) is 0 Å². The molecule has 0 heterocycles. The number of benzene rings is 1. The van der Waals surface area contributed by atoms with E-state index in [-0.39, 0.29) is 11.5 Å². The molecule has 0 radical (unpaired) electrons. The first-order valence-electron chi connectivity index (χ1n) is 7.40. The number of amides is 1. The van der Waals surface area contributed by atoms with Gasteiger partial charge in [0.25, 0.3) is 0 Å². The third-order valence-corrected chi connectivity index (χ3v) is 3.55. The highest BCUT2D eigenvalue weighted by molar-refractivity contribution is 6.03. The Kier molecular flexibility index (Phi) is 5.09. The Morgan fingerprint density at radius 3 is 2.70 bits per heavy atom. The van der Waals surface area contributed by atoms with Crippen molar-refractivity contribution in [2.24, 2.45) is 0 Å². The van der Waals surface area contributed by atoms with E-state index in [1.165, 1.54) is 6.07 Å². The quantitative estimate of drug-likeness (QED) is 0.678. The van der Waals surface area contributed by atoms with Crippen LogP contribution in [0, 0.1) is 11.8 Å². The van der Waals surface area contributed by atoms with Crippen LogP contribution in [0.5, 0.6) is 0 Å². The van der Waals surface area contributed by atoms with Crippen LogP contribution in [0.4, 0.5) is 18.9 Å². The van der Waals surface area contributed by atoms with Crippen molar-refractivity contribution >= 4 is 17.4 Å². The Balaban J connectivity index is 2.36. The number of nitrogens with one attached hydrogen (secondary N) is 1. The molecule has 0 saturated carbocycles. The van der Waals surface area contributed by atoms with Crippen molar-refractivity contribution in [3.63, 3.8) is 0 Å². The number of alkyl halides is 3. The molecule has 0 saturated heterocycles. The monoisotopic (exact) mass is 323 g/mol. The topological polar surface area (TPSA) is 46.2 Å². The third-order valence-electron chi connectivity index (χ3n) is 3.55. The smallest absolute Gasteiger partial charge is 0.317 e. The minimum atomic E-state index is -4.99. The van der Waals surface area contributed by atoms with Gasteiger partial charge in [-0.05, 0) is 30.5 Å². The lowest BCUT2D eigenvalue weighted by molar-refractivity contribution is -0.167. The second-order valence-electron chi connectivity index (χ2n) is 5.34. The Labute approximate surface area is 132 Å². The van der Waals surface area contributed by atoms with Crippen molar-refractivity contribution in [1.82, 2.24) is 0 Å². The van der Waals surface area contributed by atoms with Gasteiger partial charge < -0.3 is 5.32 Å². The molecule has 122 valence electrons. The number of fused-ring (bicyclic) bond motifs is 1. The average molecular weight is 323 g/mol. The number of Topliss-reactive ketones (excluding diaryl/α,β-unsaturated/α-hetero) is 1. The summed E-state index contributed by atoms with van der Waals surface area (Å²) in [6, 6.07) is 2.91. The molecule has 0 spiro atoms. The number of ketones is 1. The number of carbonyl (C=O) groups is 2. The molecule has 23 heavy (non-hydrogen) atoms. The molecule has 0 bridgehead atoms. The zero-order chi connectivity index (χ0) is 17.0. The van der Waals surface area contributed by atoms with Gasteiger partial charge >= 0.3 is 12.1 Å². The molecule has 2 rings (SSSR count). The summed E-state index contributed by atoms with van der Waals surface area (Å²) in [7, 11) is 0. The molecule has 1 aromatic rings. The van der Waals surface area contributed by atoms with E-state index >= 15 is 0 Å². The molecule has 1 aliphatic carbocycles. The fourth-order valence-electron chi connectivity index (χ4n) is 2.32. The van der Waals surface area contributed by atoms with Crippen LogP contribution in [0.15, 0.2) is 12.1 Å². The molecule has 0 aliphatic heterocycles. The van der Waals surface area contributed by atoms with Crippen LogP contribution in [0.25, 0.3) is 0 Å². The lowest BCUT2D eigenvalue weighted by Gasteiger charge is -2.11. The first kappa shape index (κ1) is 17.1. The Morgan fingerprint density at radius 1 is 1.30 bits per heavy atom. The SMILES string of the molecule is CCCCC#Cc1cc2c(cc1NC(=O)C(F)(F)F)C(=O)CC2. The maximum atomic E-state index is 12.5. The summed E-state index contributed by atoms with van der Waals surface area (Å²) < 4.78 is 37.4. The fraction of sp³-hybridized carbons (Fsp3) is 0.412. The number of hydrogen-bond donors (Lipinski definition) is 1. The maximum Gasteiger partial charge on any atom is 0.471 e. The molecule has 0 atom stereocenters. The highest BCUT2D eigenvalue weighted by Gasteiger charge is 2.39. The van der Waals surface area contributed by atoms with Gasteiger partial charge in [0, 0.05) is 24.0 Å². The van der Waals surface area contributed by atoms with Crippen LogP contribution in [-0.2, 0) is 11.2 Å². The van der Waals surface area contributed by atoms with Gasteiger partial charge in [-0.15, -0.1) is 0 Å². The highest BCUT2D eigenvalue weighted by Crippen LogP contribution is 2.29. The molecule has 0 fully saturated rings. The van der Waals surface area contributed by atoms with E-state index < -0.39 is 12.1 Å². The van der Waals surface area contributed by atoms with Gasteiger partial charge in [0.05, 0.1) is 5.69 Å². The number of carbonyl (C=O) groups excluding carboxylic acids is 2. The van der Waals surface area contributed by atoms with Gasteiger partial charge in [0.2, 0.25) is 0 Å². The van der Waals surface area contributed by atoms with Crippen LogP contribution in [0.3, 0.4) is 0 Å². The molecule has 0 unspecified atom stereocenters. The maximum absolute atomic E-state index is 12.5. The van der Waals surface area contributed by atoms with Crippen LogP contribution in [-0.4, -0.2) is 17.9 Å². The molecule has 3 nitrogen and oxygen atoms in total. The summed E-state index contributed by atoms with van der Waals surface area (Å²) in [5, 5.41) is 1.82. The van der Waals surface area contributed by atoms with E-state index in [2.05, 4.69) is 11.8 Å². The van der Waals surface area contributed by atoms with Gasteiger partial charge in [0.15, 0.2) is 5.78 Å². The van der Waals surface area contributed by atoms with Crippen LogP contribution in [0.2, 0.25) is 0 Å². The summed E-state index contributed by atoms with van der Waals surface area (Å²) in [5.41, 5.74) is 1.37. The van der Waals surface area contributed by atoms with Crippen molar-refractivity contribution in [3.8, 4) is 11.8 Å². The van der Waals surface area contributed by atoms with Gasteiger partial charge in [-0.3, -0.25) is 9.59 Å². The zero-order valence-electron chi connectivity index (χ0n) is 12.6. The minimum Gasteiger partial charge on any atom is -0.317 e. The summed E-state index contributed by atoms with van der Waals surface area (Å²) in [6.45, 7) is 2.01. The third kappa shape index (κ3) is 4.13. The van der Waals surface area contributed by atoms with Crippen molar-refractivity contribution in [3.05, 3.63) is 28.8 Å². The first-order valence-corrected chi connectivity index (χ1v) is 7.40. The minimum absolute atomic E-state index is 0.0645. The number of unbranched alkanes of at least 4 members (excludes halogenated alkanes) is 2.